The van der Waals surface area contributed by atoms with Crippen LogP contribution in [0.5, 0.6) is 0 Å². The summed E-state index contributed by atoms with van der Waals surface area (Å²) in [6, 6.07) is 5.73. The summed E-state index contributed by atoms with van der Waals surface area (Å²) < 4.78 is 15.3. The third-order valence-corrected chi connectivity index (χ3v) is 3.21. The van der Waals surface area contributed by atoms with Gasteiger partial charge in [0.2, 0.25) is 0 Å². The average Bonchev–Trinajstić information content (AvgIpc) is 2.25. The van der Waals surface area contributed by atoms with Gasteiger partial charge >= 0.3 is 6.03 Å². The molecule has 16 heavy (non-hydrogen) atoms. The largest absolute Gasteiger partial charge is 0.351 e. The first-order valence-electron chi connectivity index (χ1n) is 5.10. The lowest BCUT2D eigenvalue weighted by Crippen LogP contribution is -2.24. The Labute approximate surface area is 98.7 Å². The summed E-state index contributed by atoms with van der Waals surface area (Å²) >= 11 is 1.27. The van der Waals surface area contributed by atoms with E-state index in [1.165, 1.54) is 24.1 Å². The minimum absolute atomic E-state index is 0.109. The van der Waals surface area contributed by atoms with Gasteiger partial charge in [-0.2, -0.15) is 0 Å². The minimum atomic E-state index is -0.562. The average molecular weight is 242 g/mol. The van der Waals surface area contributed by atoms with Crippen molar-refractivity contribution in [2.24, 2.45) is 5.73 Å². The molecule has 0 radical (unpaired) electrons. The molecule has 1 aromatic rings. The monoisotopic (exact) mass is 242 g/mol. The number of hydrogen-bond acceptors (Lipinski definition) is 2. The molecule has 1 aromatic carbocycles. The summed E-state index contributed by atoms with van der Waals surface area (Å²) in [4.78, 5) is 10.6. The Bertz CT molecular complexity index is 342. The molecule has 0 fully saturated rings. The van der Waals surface area contributed by atoms with Crippen LogP contribution in [-0.4, -0.2) is 6.03 Å². The van der Waals surface area contributed by atoms with E-state index in [0.29, 0.717) is 0 Å². The van der Waals surface area contributed by atoms with Gasteiger partial charge in [0.05, 0.1) is 0 Å². The van der Waals surface area contributed by atoms with Gasteiger partial charge in [-0.25, -0.2) is 9.18 Å². The van der Waals surface area contributed by atoms with Crippen LogP contribution in [-0.2, 0) is 0 Å². The maximum Gasteiger partial charge on any atom is 0.322 e. The topological polar surface area (TPSA) is 55.1 Å². The van der Waals surface area contributed by atoms with E-state index >= 15 is 0 Å². The number of amides is 2. The maximum atomic E-state index is 12.8. The summed E-state index contributed by atoms with van der Waals surface area (Å²) in [6.45, 7) is 2.06. The number of benzene rings is 1. The molecule has 1 rings (SSSR count). The van der Waals surface area contributed by atoms with E-state index in [4.69, 9.17) is 5.73 Å². The third-order valence-electron chi connectivity index (χ3n) is 2.09. The number of nitrogens with one attached hydrogen (secondary N) is 1. The molecule has 0 aliphatic carbocycles. The first-order valence-corrected chi connectivity index (χ1v) is 5.98. The highest BCUT2D eigenvalue weighted by Gasteiger charge is 2.12. The number of primary amides is 1. The number of halogens is 1. The van der Waals surface area contributed by atoms with E-state index in [0.717, 1.165) is 18.4 Å². The van der Waals surface area contributed by atoms with Gasteiger partial charge in [0.1, 0.15) is 5.82 Å². The molecule has 5 heteroatoms. The number of nitrogens with two attached hydrogens (primary N) is 1. The van der Waals surface area contributed by atoms with Gasteiger partial charge in [-0.15, -0.1) is 0 Å². The van der Waals surface area contributed by atoms with E-state index in [9.17, 15) is 9.18 Å². The Hall–Kier alpha value is -1.23. The zero-order valence-corrected chi connectivity index (χ0v) is 9.89. The van der Waals surface area contributed by atoms with E-state index < -0.39 is 6.03 Å². The van der Waals surface area contributed by atoms with Gasteiger partial charge in [-0.05, 0) is 36.1 Å². The van der Waals surface area contributed by atoms with Crippen LogP contribution in [0.1, 0.15) is 30.6 Å². The van der Waals surface area contributed by atoms with Gasteiger partial charge in [-0.3, -0.25) is 4.72 Å². The number of carbonyl (C=O) groups excluding carboxylic acids is 1. The second kappa shape index (κ2) is 6.37. The smallest absolute Gasteiger partial charge is 0.322 e. The van der Waals surface area contributed by atoms with Crippen molar-refractivity contribution < 1.29 is 9.18 Å². The van der Waals surface area contributed by atoms with Crippen LogP contribution in [0.2, 0.25) is 0 Å². The molecule has 88 valence electrons. The molecule has 0 spiro atoms. The molecule has 0 aliphatic rings. The molecule has 0 aliphatic heterocycles. The molecule has 0 aromatic heterocycles. The van der Waals surface area contributed by atoms with Crippen molar-refractivity contribution in [1.29, 1.82) is 0 Å². The van der Waals surface area contributed by atoms with Crippen LogP contribution in [0.4, 0.5) is 9.18 Å². The van der Waals surface area contributed by atoms with E-state index in [1.807, 2.05) is 0 Å². The van der Waals surface area contributed by atoms with Crippen LogP contribution in [0, 0.1) is 5.82 Å². The molecule has 1 atom stereocenters. The van der Waals surface area contributed by atoms with Gasteiger partial charge in [0.25, 0.3) is 0 Å². The van der Waals surface area contributed by atoms with Crippen molar-refractivity contribution in [2.45, 2.75) is 25.0 Å². The lowest BCUT2D eigenvalue weighted by molar-refractivity contribution is 0.254. The van der Waals surface area contributed by atoms with Crippen molar-refractivity contribution in [1.82, 2.24) is 4.72 Å². The summed E-state index contributed by atoms with van der Waals surface area (Å²) in [7, 11) is 0. The molecule has 0 heterocycles. The summed E-state index contributed by atoms with van der Waals surface area (Å²) in [5.74, 6) is -0.258. The van der Waals surface area contributed by atoms with Crippen LogP contribution < -0.4 is 10.5 Å². The van der Waals surface area contributed by atoms with Gasteiger partial charge in [0, 0.05) is 5.25 Å². The standard InChI is InChI=1S/C11H15FN2OS/c1-2-3-10(16-14-11(13)15)8-4-6-9(12)7-5-8/h4-7,10H,2-3H2,1H3,(H3,13,14,15)/t10-/m0/s1. The predicted octanol–water partition coefficient (Wildman–Crippen LogP) is 2.98. The Morgan fingerprint density at radius 2 is 2.12 bits per heavy atom. The predicted molar refractivity (Wildman–Crippen MR) is 64.4 cm³/mol. The third kappa shape index (κ3) is 4.10. The Morgan fingerprint density at radius 1 is 1.50 bits per heavy atom. The van der Waals surface area contributed by atoms with E-state index in [2.05, 4.69) is 11.6 Å². The van der Waals surface area contributed by atoms with Crippen molar-refractivity contribution in [3.8, 4) is 0 Å². The second-order valence-electron chi connectivity index (χ2n) is 3.41. The van der Waals surface area contributed by atoms with Crippen molar-refractivity contribution in [3.05, 3.63) is 35.6 Å². The number of rotatable bonds is 5. The fraction of sp³-hybridized carbons (Fsp3) is 0.364. The fourth-order valence-electron chi connectivity index (χ4n) is 1.36. The molecule has 0 bridgehead atoms. The Balaban J connectivity index is 2.68. The molecule has 3 nitrogen and oxygen atoms in total. The van der Waals surface area contributed by atoms with Gasteiger partial charge < -0.3 is 5.73 Å². The first kappa shape index (κ1) is 12.8. The molecular formula is C11H15FN2OS. The maximum absolute atomic E-state index is 12.8. The van der Waals surface area contributed by atoms with Crippen molar-refractivity contribution in [3.63, 3.8) is 0 Å². The highest BCUT2D eigenvalue weighted by atomic mass is 32.2. The minimum Gasteiger partial charge on any atom is -0.351 e. The van der Waals surface area contributed by atoms with Crippen molar-refractivity contribution in [2.75, 3.05) is 0 Å². The quantitative estimate of drug-likeness (QED) is 0.780. The number of urea groups is 1. The Kier molecular flexibility index (Phi) is 5.11. The van der Waals surface area contributed by atoms with Crippen LogP contribution in [0.15, 0.2) is 24.3 Å². The fourth-order valence-corrected chi connectivity index (χ4v) is 2.27. The number of hydrogen-bond donors (Lipinski definition) is 2. The normalized spacial score (nSPS) is 12.1. The summed E-state index contributed by atoms with van der Waals surface area (Å²) in [6.07, 6.45) is 1.88. The molecule has 2 amide bonds. The van der Waals surface area contributed by atoms with Crippen LogP contribution in [0.3, 0.4) is 0 Å². The van der Waals surface area contributed by atoms with E-state index in [-0.39, 0.29) is 11.1 Å². The van der Waals surface area contributed by atoms with Gasteiger partial charge in [-0.1, -0.05) is 25.5 Å². The highest BCUT2D eigenvalue weighted by molar-refractivity contribution is 7.98. The summed E-state index contributed by atoms with van der Waals surface area (Å²) in [5.41, 5.74) is 6.00. The molecule has 0 saturated heterocycles. The highest BCUT2D eigenvalue weighted by Crippen LogP contribution is 2.30. The molecule has 3 N–H and O–H groups in total. The SMILES string of the molecule is CCC[C@H](SNC(N)=O)c1ccc(F)cc1. The molecule has 0 unspecified atom stereocenters. The van der Waals surface area contributed by atoms with Crippen LogP contribution in [0.25, 0.3) is 0 Å². The first-order chi connectivity index (χ1) is 7.63. The zero-order chi connectivity index (χ0) is 12.0. The zero-order valence-electron chi connectivity index (χ0n) is 9.07. The lowest BCUT2D eigenvalue weighted by atomic mass is 10.1. The van der Waals surface area contributed by atoms with Crippen molar-refractivity contribution >= 4 is 18.0 Å². The lowest BCUT2D eigenvalue weighted by Gasteiger charge is -2.15. The van der Waals surface area contributed by atoms with Gasteiger partial charge in [0.15, 0.2) is 0 Å². The van der Waals surface area contributed by atoms with E-state index in [1.54, 1.807) is 12.1 Å². The number of carbonyl (C=O) groups is 1. The summed E-state index contributed by atoms with van der Waals surface area (Å²) in [5, 5.41) is 0.109. The second-order valence-corrected chi connectivity index (χ2v) is 4.42. The van der Waals surface area contributed by atoms with Crippen LogP contribution >= 0.6 is 11.9 Å². The Morgan fingerprint density at radius 3 is 2.62 bits per heavy atom. The molecule has 0 saturated carbocycles. The molecular weight excluding hydrogens is 227 g/mol.